The molecule has 0 aliphatic carbocycles. The van der Waals surface area contributed by atoms with Crippen LogP contribution < -0.4 is 0 Å². The maximum atomic E-state index is 10.2. The zero-order valence-corrected chi connectivity index (χ0v) is 20.8. The van der Waals surface area contributed by atoms with Crippen LogP contribution in [0.5, 0.6) is 0 Å². The quantitative estimate of drug-likeness (QED) is 0.197. The number of hydrogen-bond acceptors (Lipinski definition) is 6. The van der Waals surface area contributed by atoms with Crippen LogP contribution in [-0.2, 0) is 9.47 Å². The highest BCUT2D eigenvalue weighted by molar-refractivity contribution is 4.89. The van der Waals surface area contributed by atoms with Gasteiger partial charge in [0.25, 0.3) is 0 Å². The number of hydrogen-bond donors (Lipinski definition) is 4. The van der Waals surface area contributed by atoms with Gasteiger partial charge < -0.3 is 29.9 Å². The van der Waals surface area contributed by atoms with Crippen LogP contribution in [0.25, 0.3) is 0 Å². The number of aliphatic hydroxyl groups is 4. The van der Waals surface area contributed by atoms with Crippen LogP contribution >= 0.6 is 0 Å². The summed E-state index contributed by atoms with van der Waals surface area (Å²) in [6.45, 7) is 4.52. The van der Waals surface area contributed by atoms with Crippen LogP contribution in [0.2, 0.25) is 0 Å². The molecular weight excluding hydrogens is 408 g/mol. The molecule has 0 radical (unpaired) electrons. The lowest BCUT2D eigenvalue weighted by atomic mass is 9.94. The largest absolute Gasteiger partial charge is 0.394 e. The van der Waals surface area contributed by atoms with E-state index in [0.29, 0.717) is 12.5 Å². The van der Waals surface area contributed by atoms with E-state index in [-0.39, 0.29) is 0 Å². The fourth-order valence-electron chi connectivity index (χ4n) is 4.53. The predicted octanol–water partition coefficient (Wildman–Crippen LogP) is 4.70. The van der Waals surface area contributed by atoms with Gasteiger partial charge in [-0.3, -0.25) is 0 Å². The van der Waals surface area contributed by atoms with E-state index in [2.05, 4.69) is 13.8 Å². The maximum Gasteiger partial charge on any atom is 0.186 e. The number of aliphatic hydroxyl groups excluding tert-OH is 4. The van der Waals surface area contributed by atoms with Crippen molar-refractivity contribution in [3.8, 4) is 0 Å². The van der Waals surface area contributed by atoms with Gasteiger partial charge in [0.15, 0.2) is 6.29 Å². The third-order valence-corrected chi connectivity index (χ3v) is 6.78. The second kappa shape index (κ2) is 19.1. The molecule has 1 aliphatic rings. The zero-order valence-electron chi connectivity index (χ0n) is 20.8. The Balaban J connectivity index is 2.40. The van der Waals surface area contributed by atoms with Gasteiger partial charge in [-0.25, -0.2) is 0 Å². The number of unbranched alkanes of at least 4 members (excludes halogenated alkanes) is 12. The Labute approximate surface area is 196 Å². The smallest absolute Gasteiger partial charge is 0.186 e. The lowest BCUT2D eigenvalue weighted by Gasteiger charge is -2.40. The molecule has 4 N–H and O–H groups in total. The monoisotopic (exact) mass is 460 g/mol. The first kappa shape index (κ1) is 29.8. The molecule has 1 saturated heterocycles. The van der Waals surface area contributed by atoms with Gasteiger partial charge in [-0.2, -0.15) is 0 Å². The van der Waals surface area contributed by atoms with E-state index < -0.39 is 37.3 Å². The normalized spacial score (nSPS) is 27.0. The average molecular weight is 461 g/mol. The summed E-state index contributed by atoms with van der Waals surface area (Å²) in [5, 5.41) is 39.5. The minimum absolute atomic E-state index is 0.397. The van der Waals surface area contributed by atoms with Gasteiger partial charge in [-0.05, 0) is 18.8 Å². The molecule has 32 heavy (non-hydrogen) atoms. The number of ether oxygens (including phenoxy) is 2. The summed E-state index contributed by atoms with van der Waals surface area (Å²) in [5.41, 5.74) is 0. The number of rotatable bonds is 20. The van der Waals surface area contributed by atoms with Gasteiger partial charge in [0.2, 0.25) is 0 Å². The van der Waals surface area contributed by atoms with Crippen LogP contribution in [0.15, 0.2) is 0 Å². The van der Waals surface area contributed by atoms with E-state index in [4.69, 9.17) is 9.47 Å². The molecule has 192 valence electrons. The maximum absolute atomic E-state index is 10.2. The summed E-state index contributed by atoms with van der Waals surface area (Å²) in [6.07, 6.45) is 14.2. The molecule has 0 aromatic heterocycles. The fourth-order valence-corrected chi connectivity index (χ4v) is 4.53. The molecule has 1 unspecified atom stereocenters. The van der Waals surface area contributed by atoms with Crippen molar-refractivity contribution in [1.82, 2.24) is 0 Å². The van der Waals surface area contributed by atoms with E-state index in [1.54, 1.807) is 0 Å². The molecule has 0 amide bonds. The summed E-state index contributed by atoms with van der Waals surface area (Å²) >= 11 is 0. The molecule has 6 nitrogen and oxygen atoms in total. The van der Waals surface area contributed by atoms with Gasteiger partial charge in [-0.15, -0.1) is 0 Å². The first-order chi connectivity index (χ1) is 15.5. The van der Waals surface area contributed by atoms with Crippen LogP contribution in [-0.4, -0.2) is 64.3 Å². The topological polar surface area (TPSA) is 99.4 Å². The first-order valence-electron chi connectivity index (χ1n) is 13.5. The predicted molar refractivity (Wildman–Crippen MR) is 128 cm³/mol. The van der Waals surface area contributed by atoms with Crippen LogP contribution in [0.1, 0.15) is 117 Å². The molecule has 6 atom stereocenters. The fraction of sp³-hybridized carbons (Fsp3) is 1.00. The van der Waals surface area contributed by atoms with Crippen molar-refractivity contribution in [2.45, 2.75) is 147 Å². The van der Waals surface area contributed by atoms with Gasteiger partial charge in [0, 0.05) is 0 Å². The van der Waals surface area contributed by atoms with Crippen molar-refractivity contribution >= 4 is 0 Å². The molecule has 0 spiro atoms. The highest BCUT2D eigenvalue weighted by atomic mass is 16.7. The summed E-state index contributed by atoms with van der Waals surface area (Å²) in [4.78, 5) is 0. The van der Waals surface area contributed by atoms with Gasteiger partial charge >= 0.3 is 0 Å². The first-order valence-corrected chi connectivity index (χ1v) is 13.5. The van der Waals surface area contributed by atoms with Crippen LogP contribution in [0, 0.1) is 5.92 Å². The summed E-state index contributed by atoms with van der Waals surface area (Å²) in [7, 11) is 0. The Morgan fingerprint density at radius 1 is 0.656 bits per heavy atom. The second-order valence-corrected chi connectivity index (χ2v) is 9.72. The van der Waals surface area contributed by atoms with Crippen molar-refractivity contribution in [3.63, 3.8) is 0 Å². The summed E-state index contributed by atoms with van der Waals surface area (Å²) in [5.74, 6) is 0.397. The third kappa shape index (κ3) is 12.3. The molecule has 1 fully saturated rings. The van der Waals surface area contributed by atoms with Gasteiger partial charge in [0.1, 0.15) is 24.4 Å². The molecule has 1 aliphatic heterocycles. The van der Waals surface area contributed by atoms with Crippen LogP contribution in [0.4, 0.5) is 0 Å². The Bertz CT molecular complexity index is 419. The SMILES string of the molecule is CCCCCCCCCCC(CCCCCCCC)CO[C@@H]1O[C@H](CO)[C@@H](O)[C@H](O)[C@H]1O. The Hall–Kier alpha value is -0.240. The average Bonchev–Trinajstić information content (AvgIpc) is 2.80. The highest BCUT2D eigenvalue weighted by Crippen LogP contribution is 2.25. The van der Waals surface area contributed by atoms with Crippen LogP contribution in [0.3, 0.4) is 0 Å². The molecular formula is C26H52O6. The minimum atomic E-state index is -1.38. The van der Waals surface area contributed by atoms with Gasteiger partial charge in [0.05, 0.1) is 13.2 Å². The molecule has 0 aromatic rings. The highest BCUT2D eigenvalue weighted by Gasteiger charge is 2.44. The summed E-state index contributed by atoms with van der Waals surface area (Å²) in [6, 6.07) is 0. The lowest BCUT2D eigenvalue weighted by molar-refractivity contribution is -0.303. The van der Waals surface area contributed by atoms with E-state index in [0.717, 1.165) is 12.8 Å². The van der Waals surface area contributed by atoms with E-state index >= 15 is 0 Å². The minimum Gasteiger partial charge on any atom is -0.394 e. The molecule has 1 rings (SSSR count). The van der Waals surface area contributed by atoms with E-state index in [9.17, 15) is 20.4 Å². The zero-order chi connectivity index (χ0) is 23.6. The molecule has 0 aromatic carbocycles. The second-order valence-electron chi connectivity index (χ2n) is 9.72. The van der Waals surface area contributed by atoms with Crippen molar-refractivity contribution < 1.29 is 29.9 Å². The van der Waals surface area contributed by atoms with E-state index in [1.165, 1.54) is 89.9 Å². The van der Waals surface area contributed by atoms with Crippen molar-refractivity contribution in [3.05, 3.63) is 0 Å². The Kier molecular flexibility index (Phi) is 17.8. The van der Waals surface area contributed by atoms with Crippen molar-refractivity contribution in [1.29, 1.82) is 0 Å². The third-order valence-electron chi connectivity index (χ3n) is 6.78. The standard InChI is InChI=1S/C26H52O6/c1-3-5-7-9-11-12-14-16-18-21(17-15-13-10-8-6-4-2)20-31-26-25(30)24(29)23(28)22(19-27)32-26/h21-30H,3-20H2,1-2H3/t21?,22-,23-,24+,25-,26-/m1/s1. The van der Waals surface area contributed by atoms with Gasteiger partial charge in [-0.1, -0.05) is 104 Å². The molecule has 0 saturated carbocycles. The summed E-state index contributed by atoms with van der Waals surface area (Å²) < 4.78 is 11.4. The van der Waals surface area contributed by atoms with Crippen molar-refractivity contribution in [2.75, 3.05) is 13.2 Å². The Morgan fingerprint density at radius 2 is 1.12 bits per heavy atom. The molecule has 6 heteroatoms. The lowest BCUT2D eigenvalue weighted by Crippen LogP contribution is -2.59. The Morgan fingerprint density at radius 3 is 1.59 bits per heavy atom. The molecule has 1 heterocycles. The molecule has 0 bridgehead atoms. The van der Waals surface area contributed by atoms with Crippen molar-refractivity contribution in [2.24, 2.45) is 5.92 Å². The van der Waals surface area contributed by atoms with E-state index in [1.807, 2.05) is 0 Å².